The van der Waals surface area contributed by atoms with Gasteiger partial charge in [-0.25, -0.2) is 4.79 Å². The molecule has 0 spiro atoms. The molecule has 0 atom stereocenters. The van der Waals surface area contributed by atoms with E-state index in [9.17, 15) is 9.59 Å². The van der Waals surface area contributed by atoms with Gasteiger partial charge in [0, 0.05) is 12.1 Å². The molecule has 0 unspecified atom stereocenters. The Morgan fingerprint density at radius 1 is 1.20 bits per heavy atom. The molecule has 0 heterocycles. The Kier molecular flexibility index (Phi) is 4.95. The number of hydrogen-bond donors (Lipinski definition) is 3. The number of nitrogens with two attached hydrogens (primary N) is 1. The van der Waals surface area contributed by atoms with Crippen LogP contribution in [-0.4, -0.2) is 30.6 Å². The largest absolute Gasteiger partial charge is 0.445 e. The van der Waals surface area contributed by atoms with Gasteiger partial charge < -0.3 is 21.1 Å². The van der Waals surface area contributed by atoms with Crippen LogP contribution in [-0.2, 0) is 16.1 Å². The molecule has 1 aliphatic rings. The van der Waals surface area contributed by atoms with E-state index >= 15 is 0 Å². The number of amides is 2. The van der Waals surface area contributed by atoms with Crippen molar-refractivity contribution in [3.8, 4) is 0 Å². The maximum atomic E-state index is 11.6. The van der Waals surface area contributed by atoms with Gasteiger partial charge in [-0.1, -0.05) is 30.3 Å². The van der Waals surface area contributed by atoms with E-state index in [1.165, 1.54) is 0 Å². The van der Waals surface area contributed by atoms with Crippen LogP contribution in [0.1, 0.15) is 18.4 Å². The number of primary amides is 1. The molecule has 0 saturated heterocycles. The van der Waals surface area contributed by atoms with Crippen molar-refractivity contribution in [1.29, 1.82) is 0 Å². The van der Waals surface area contributed by atoms with Crippen molar-refractivity contribution in [3.05, 3.63) is 35.9 Å². The van der Waals surface area contributed by atoms with Gasteiger partial charge in [-0.15, -0.1) is 0 Å². The van der Waals surface area contributed by atoms with Crippen LogP contribution < -0.4 is 16.4 Å². The third-order valence-corrected chi connectivity index (χ3v) is 3.24. The van der Waals surface area contributed by atoms with E-state index < -0.39 is 6.09 Å². The van der Waals surface area contributed by atoms with Crippen molar-refractivity contribution in [2.24, 2.45) is 5.73 Å². The number of rotatable bonds is 6. The van der Waals surface area contributed by atoms with Crippen LogP contribution in [0.2, 0.25) is 0 Å². The molecule has 2 rings (SSSR count). The van der Waals surface area contributed by atoms with E-state index in [1.807, 2.05) is 30.3 Å². The zero-order valence-electron chi connectivity index (χ0n) is 11.2. The van der Waals surface area contributed by atoms with Crippen LogP contribution in [0.3, 0.4) is 0 Å². The SMILES string of the molecule is NC(=O)CNC1CC(NC(=O)OCc2ccccc2)C1. The number of hydrogen-bond acceptors (Lipinski definition) is 4. The molecule has 1 aliphatic carbocycles. The van der Waals surface area contributed by atoms with Crippen LogP contribution in [0, 0.1) is 0 Å². The number of carbonyl (C=O) groups excluding carboxylic acids is 2. The Morgan fingerprint density at radius 3 is 2.55 bits per heavy atom. The van der Waals surface area contributed by atoms with Crippen molar-refractivity contribution in [2.75, 3.05) is 6.54 Å². The molecule has 4 N–H and O–H groups in total. The Bertz CT molecular complexity index is 458. The van der Waals surface area contributed by atoms with Gasteiger partial charge in [-0.3, -0.25) is 4.79 Å². The molecule has 1 fully saturated rings. The summed E-state index contributed by atoms with van der Waals surface area (Å²) < 4.78 is 5.12. The molecule has 108 valence electrons. The number of carbonyl (C=O) groups is 2. The molecule has 0 bridgehead atoms. The van der Waals surface area contributed by atoms with Gasteiger partial charge >= 0.3 is 6.09 Å². The molecule has 0 aliphatic heterocycles. The number of alkyl carbamates (subject to hydrolysis) is 1. The summed E-state index contributed by atoms with van der Waals surface area (Å²) in [5, 5.41) is 5.80. The van der Waals surface area contributed by atoms with Gasteiger partial charge in [0.1, 0.15) is 6.61 Å². The number of benzene rings is 1. The van der Waals surface area contributed by atoms with Crippen LogP contribution in [0.15, 0.2) is 30.3 Å². The van der Waals surface area contributed by atoms with Gasteiger partial charge in [0.15, 0.2) is 0 Å². The Hall–Kier alpha value is -2.08. The highest BCUT2D eigenvalue weighted by Gasteiger charge is 2.30. The van der Waals surface area contributed by atoms with Gasteiger partial charge in [-0.05, 0) is 18.4 Å². The summed E-state index contributed by atoms with van der Waals surface area (Å²) >= 11 is 0. The van der Waals surface area contributed by atoms with Crippen LogP contribution in [0.25, 0.3) is 0 Å². The average molecular weight is 277 g/mol. The zero-order valence-corrected chi connectivity index (χ0v) is 11.2. The monoisotopic (exact) mass is 277 g/mol. The molecule has 0 aromatic heterocycles. The first-order chi connectivity index (χ1) is 9.63. The normalized spacial score (nSPS) is 20.8. The number of ether oxygens (including phenoxy) is 1. The fraction of sp³-hybridized carbons (Fsp3) is 0.429. The molecule has 6 nitrogen and oxygen atoms in total. The second-order valence-corrected chi connectivity index (χ2v) is 4.92. The first-order valence-electron chi connectivity index (χ1n) is 6.62. The standard InChI is InChI=1S/C14H19N3O3/c15-13(18)8-16-11-6-12(7-11)17-14(19)20-9-10-4-2-1-3-5-10/h1-5,11-12,16H,6-9H2,(H2,15,18)(H,17,19). The molecule has 2 amide bonds. The minimum absolute atomic E-state index is 0.101. The summed E-state index contributed by atoms with van der Waals surface area (Å²) in [7, 11) is 0. The molecule has 1 aromatic carbocycles. The Labute approximate surface area is 117 Å². The van der Waals surface area contributed by atoms with Crippen molar-refractivity contribution in [1.82, 2.24) is 10.6 Å². The lowest BCUT2D eigenvalue weighted by Gasteiger charge is -2.35. The van der Waals surface area contributed by atoms with Gasteiger partial charge in [0.25, 0.3) is 0 Å². The molecule has 1 aromatic rings. The van der Waals surface area contributed by atoms with E-state index in [-0.39, 0.29) is 31.1 Å². The molecule has 0 radical (unpaired) electrons. The van der Waals surface area contributed by atoms with E-state index in [2.05, 4.69) is 10.6 Å². The van der Waals surface area contributed by atoms with Crippen LogP contribution in [0.5, 0.6) is 0 Å². The summed E-state index contributed by atoms with van der Waals surface area (Å²) in [6.07, 6.45) is 1.16. The summed E-state index contributed by atoms with van der Waals surface area (Å²) in [5.41, 5.74) is 5.99. The molecular formula is C14H19N3O3. The third-order valence-electron chi connectivity index (χ3n) is 3.24. The van der Waals surface area contributed by atoms with Crippen molar-refractivity contribution in [3.63, 3.8) is 0 Å². The minimum atomic E-state index is -0.410. The summed E-state index contributed by atoms with van der Waals surface area (Å²) in [6.45, 7) is 0.443. The Morgan fingerprint density at radius 2 is 1.90 bits per heavy atom. The van der Waals surface area contributed by atoms with E-state index in [4.69, 9.17) is 10.5 Å². The summed E-state index contributed by atoms with van der Waals surface area (Å²) in [4.78, 5) is 22.2. The fourth-order valence-corrected chi connectivity index (χ4v) is 2.08. The maximum absolute atomic E-state index is 11.6. The molecule has 1 saturated carbocycles. The lowest BCUT2D eigenvalue weighted by Crippen LogP contribution is -2.53. The minimum Gasteiger partial charge on any atom is -0.445 e. The van der Waals surface area contributed by atoms with Crippen molar-refractivity contribution in [2.45, 2.75) is 31.5 Å². The van der Waals surface area contributed by atoms with Crippen molar-refractivity contribution < 1.29 is 14.3 Å². The fourth-order valence-electron chi connectivity index (χ4n) is 2.08. The highest BCUT2D eigenvalue weighted by molar-refractivity contribution is 5.75. The smallest absolute Gasteiger partial charge is 0.407 e. The van der Waals surface area contributed by atoms with E-state index in [0.29, 0.717) is 0 Å². The zero-order chi connectivity index (χ0) is 14.4. The lowest BCUT2D eigenvalue weighted by atomic mass is 9.87. The molecular weight excluding hydrogens is 258 g/mol. The number of nitrogens with one attached hydrogen (secondary N) is 2. The second-order valence-electron chi connectivity index (χ2n) is 4.92. The maximum Gasteiger partial charge on any atom is 0.407 e. The average Bonchev–Trinajstić information content (AvgIpc) is 2.39. The highest BCUT2D eigenvalue weighted by atomic mass is 16.5. The lowest BCUT2D eigenvalue weighted by molar-refractivity contribution is -0.117. The van der Waals surface area contributed by atoms with Crippen molar-refractivity contribution >= 4 is 12.0 Å². The topological polar surface area (TPSA) is 93.5 Å². The Balaban J connectivity index is 1.59. The summed E-state index contributed by atoms with van der Waals surface area (Å²) in [5.74, 6) is -0.372. The first-order valence-corrected chi connectivity index (χ1v) is 6.62. The van der Waals surface area contributed by atoms with Crippen LogP contribution >= 0.6 is 0 Å². The predicted octanol–water partition coefficient (Wildman–Crippen LogP) is 0.519. The quantitative estimate of drug-likeness (QED) is 0.706. The third kappa shape index (κ3) is 4.55. The first kappa shape index (κ1) is 14.3. The summed E-state index contributed by atoms with van der Waals surface area (Å²) in [6, 6.07) is 9.86. The predicted molar refractivity (Wildman–Crippen MR) is 73.8 cm³/mol. The second kappa shape index (κ2) is 6.91. The molecule has 6 heteroatoms. The highest BCUT2D eigenvalue weighted by Crippen LogP contribution is 2.19. The van der Waals surface area contributed by atoms with E-state index in [0.717, 1.165) is 18.4 Å². The molecule has 20 heavy (non-hydrogen) atoms. The van der Waals surface area contributed by atoms with E-state index in [1.54, 1.807) is 0 Å². The van der Waals surface area contributed by atoms with Gasteiger partial charge in [0.05, 0.1) is 6.54 Å². The van der Waals surface area contributed by atoms with Crippen LogP contribution in [0.4, 0.5) is 4.79 Å². The van der Waals surface area contributed by atoms with Gasteiger partial charge in [0.2, 0.25) is 5.91 Å². The van der Waals surface area contributed by atoms with Gasteiger partial charge in [-0.2, -0.15) is 0 Å².